The van der Waals surface area contributed by atoms with Gasteiger partial charge < -0.3 is 15.1 Å². The molecule has 2 fully saturated rings. The van der Waals surface area contributed by atoms with Gasteiger partial charge in [-0.05, 0) is 45.4 Å². The molecule has 2 aliphatic rings. The highest BCUT2D eigenvalue weighted by atomic mass is 16.2. The highest BCUT2D eigenvalue weighted by Crippen LogP contribution is 2.47. The maximum atomic E-state index is 12.0. The van der Waals surface area contributed by atoms with Crippen molar-refractivity contribution in [3.63, 3.8) is 0 Å². The molecule has 0 aromatic rings. The van der Waals surface area contributed by atoms with Crippen LogP contribution in [0, 0.1) is 5.41 Å². The molecular formula is C17H32N4O. The van der Waals surface area contributed by atoms with Gasteiger partial charge in [0.15, 0.2) is 5.96 Å². The Morgan fingerprint density at radius 3 is 2.45 bits per heavy atom. The number of amides is 1. The molecule has 1 heterocycles. The summed E-state index contributed by atoms with van der Waals surface area (Å²) in [7, 11) is 0. The van der Waals surface area contributed by atoms with Crippen molar-refractivity contribution in [3.05, 3.63) is 0 Å². The second-order valence-electron chi connectivity index (χ2n) is 6.58. The van der Waals surface area contributed by atoms with E-state index in [1.807, 2.05) is 18.7 Å². The van der Waals surface area contributed by atoms with Gasteiger partial charge in [-0.3, -0.25) is 9.79 Å². The molecule has 5 heteroatoms. The van der Waals surface area contributed by atoms with Crippen molar-refractivity contribution in [1.29, 1.82) is 0 Å². The minimum atomic E-state index is 0.210. The van der Waals surface area contributed by atoms with Crippen LogP contribution >= 0.6 is 0 Å². The third-order valence-electron chi connectivity index (χ3n) is 5.19. The third-order valence-corrected chi connectivity index (χ3v) is 5.19. The molecule has 0 atom stereocenters. The van der Waals surface area contributed by atoms with Crippen LogP contribution in [0.2, 0.25) is 0 Å². The van der Waals surface area contributed by atoms with Crippen molar-refractivity contribution in [2.45, 2.75) is 52.9 Å². The van der Waals surface area contributed by atoms with E-state index in [1.165, 1.54) is 25.7 Å². The van der Waals surface area contributed by atoms with Crippen LogP contribution in [0.25, 0.3) is 0 Å². The maximum Gasteiger partial charge on any atom is 0.224 e. The Kier molecular flexibility index (Phi) is 6.09. The van der Waals surface area contributed by atoms with Gasteiger partial charge in [0, 0.05) is 39.1 Å². The smallest absolute Gasteiger partial charge is 0.224 e. The Bertz CT molecular complexity index is 399. The van der Waals surface area contributed by atoms with Gasteiger partial charge in [0.05, 0.1) is 6.54 Å². The third kappa shape index (κ3) is 3.93. The Morgan fingerprint density at radius 1 is 1.23 bits per heavy atom. The Balaban J connectivity index is 1.86. The number of hydrogen-bond donors (Lipinski definition) is 1. The van der Waals surface area contributed by atoms with Crippen molar-refractivity contribution in [2.75, 3.05) is 39.3 Å². The number of hydrogen-bond acceptors (Lipinski definition) is 2. The summed E-state index contributed by atoms with van der Waals surface area (Å²) in [5.41, 5.74) is 0.577. The Morgan fingerprint density at radius 2 is 1.95 bits per heavy atom. The number of rotatable bonds is 6. The second-order valence-corrected chi connectivity index (χ2v) is 6.58. The molecule has 2 rings (SSSR count). The zero-order chi connectivity index (χ0) is 16.0. The molecule has 1 aliphatic carbocycles. The van der Waals surface area contributed by atoms with Crippen molar-refractivity contribution in [1.82, 2.24) is 15.1 Å². The Hall–Kier alpha value is -1.26. The first-order valence-electron chi connectivity index (χ1n) is 8.95. The van der Waals surface area contributed by atoms with Crippen molar-refractivity contribution in [3.8, 4) is 0 Å². The van der Waals surface area contributed by atoms with E-state index in [9.17, 15) is 4.79 Å². The Labute approximate surface area is 135 Å². The van der Waals surface area contributed by atoms with Crippen LogP contribution in [-0.2, 0) is 4.79 Å². The van der Waals surface area contributed by atoms with Gasteiger partial charge in [0.25, 0.3) is 0 Å². The summed E-state index contributed by atoms with van der Waals surface area (Å²) in [5.74, 6) is 1.21. The van der Waals surface area contributed by atoms with Gasteiger partial charge in [-0.2, -0.15) is 0 Å². The minimum absolute atomic E-state index is 0.210. The zero-order valence-corrected chi connectivity index (χ0v) is 14.5. The molecule has 1 aliphatic heterocycles. The molecule has 1 amide bonds. The van der Waals surface area contributed by atoms with Crippen LogP contribution in [0.5, 0.6) is 0 Å². The van der Waals surface area contributed by atoms with Gasteiger partial charge in [0.1, 0.15) is 0 Å². The van der Waals surface area contributed by atoms with E-state index in [-0.39, 0.29) is 5.91 Å². The largest absolute Gasteiger partial charge is 0.357 e. The van der Waals surface area contributed by atoms with Gasteiger partial charge in [-0.1, -0.05) is 6.42 Å². The lowest BCUT2D eigenvalue weighted by atomic mass is 9.68. The summed E-state index contributed by atoms with van der Waals surface area (Å²) in [6.45, 7) is 11.4. The van der Waals surface area contributed by atoms with Crippen LogP contribution in [0.1, 0.15) is 52.9 Å². The van der Waals surface area contributed by atoms with Crippen molar-refractivity contribution < 1.29 is 4.79 Å². The lowest BCUT2D eigenvalue weighted by molar-refractivity contribution is -0.130. The van der Waals surface area contributed by atoms with Crippen molar-refractivity contribution >= 4 is 11.9 Å². The number of likely N-dealkylation sites (tertiary alicyclic amines) is 1. The summed E-state index contributed by atoms with van der Waals surface area (Å²) < 4.78 is 0. The molecule has 0 radical (unpaired) electrons. The normalized spacial score (nSPS) is 20.1. The topological polar surface area (TPSA) is 47.9 Å². The molecule has 22 heavy (non-hydrogen) atoms. The van der Waals surface area contributed by atoms with Gasteiger partial charge in [-0.25, -0.2) is 0 Å². The van der Waals surface area contributed by atoms with Crippen LogP contribution in [0.3, 0.4) is 0 Å². The summed E-state index contributed by atoms with van der Waals surface area (Å²) >= 11 is 0. The fourth-order valence-corrected chi connectivity index (χ4v) is 3.62. The molecule has 1 saturated carbocycles. The first kappa shape index (κ1) is 17.1. The summed E-state index contributed by atoms with van der Waals surface area (Å²) in [6.07, 6.45) is 5.96. The molecule has 1 N–H and O–H groups in total. The van der Waals surface area contributed by atoms with E-state index in [0.29, 0.717) is 18.4 Å². The quantitative estimate of drug-likeness (QED) is 0.604. The van der Waals surface area contributed by atoms with Crippen LogP contribution in [-0.4, -0.2) is 60.9 Å². The average Bonchev–Trinajstić information content (AvgIpc) is 2.93. The van der Waals surface area contributed by atoms with E-state index < -0.39 is 0 Å². The van der Waals surface area contributed by atoms with E-state index in [2.05, 4.69) is 17.1 Å². The number of carbonyl (C=O) groups excluding carboxylic acids is 1. The molecule has 126 valence electrons. The van der Waals surface area contributed by atoms with Crippen molar-refractivity contribution in [2.24, 2.45) is 10.4 Å². The molecule has 0 aromatic heterocycles. The zero-order valence-electron chi connectivity index (χ0n) is 14.5. The fourth-order valence-electron chi connectivity index (χ4n) is 3.62. The van der Waals surface area contributed by atoms with Crippen LogP contribution < -0.4 is 5.32 Å². The number of aliphatic imine (C=N–C) groups is 1. The van der Waals surface area contributed by atoms with Gasteiger partial charge >= 0.3 is 0 Å². The molecule has 0 unspecified atom stereocenters. The lowest BCUT2D eigenvalue weighted by Gasteiger charge is -2.38. The number of guanidine groups is 1. The maximum absolute atomic E-state index is 12.0. The van der Waals surface area contributed by atoms with Crippen LogP contribution in [0.15, 0.2) is 4.99 Å². The lowest BCUT2D eigenvalue weighted by Crippen LogP contribution is -2.42. The molecule has 5 nitrogen and oxygen atoms in total. The predicted molar refractivity (Wildman–Crippen MR) is 91.0 cm³/mol. The standard InChI is InChI=1S/C17H32N4O/c1-4-18-16(19-12-8-15(22)20(5-2)6-3)21-13-11-17(14-21)9-7-10-17/h4-14H2,1-3H3,(H,18,19). The summed E-state index contributed by atoms with van der Waals surface area (Å²) in [6, 6.07) is 0. The number of nitrogens with one attached hydrogen (secondary N) is 1. The molecule has 0 aromatic carbocycles. The monoisotopic (exact) mass is 308 g/mol. The van der Waals surface area contributed by atoms with Gasteiger partial charge in [-0.15, -0.1) is 0 Å². The second kappa shape index (κ2) is 7.84. The van der Waals surface area contributed by atoms with E-state index in [0.717, 1.165) is 38.7 Å². The predicted octanol–water partition coefficient (Wildman–Crippen LogP) is 2.09. The van der Waals surface area contributed by atoms with Gasteiger partial charge in [0.2, 0.25) is 5.91 Å². The van der Waals surface area contributed by atoms with Crippen LogP contribution in [0.4, 0.5) is 0 Å². The number of nitrogens with zero attached hydrogens (tertiary/aromatic N) is 3. The molecule has 1 saturated heterocycles. The highest BCUT2D eigenvalue weighted by molar-refractivity contribution is 5.81. The highest BCUT2D eigenvalue weighted by Gasteiger charge is 2.43. The summed E-state index contributed by atoms with van der Waals surface area (Å²) in [5, 5.41) is 3.39. The van der Waals surface area contributed by atoms with E-state index in [4.69, 9.17) is 4.99 Å². The summed E-state index contributed by atoms with van der Waals surface area (Å²) in [4.78, 5) is 21.0. The molecule has 1 spiro atoms. The first-order valence-corrected chi connectivity index (χ1v) is 8.95. The number of carbonyl (C=O) groups is 1. The first-order chi connectivity index (χ1) is 10.6. The fraction of sp³-hybridized carbons (Fsp3) is 0.882. The molecular weight excluding hydrogens is 276 g/mol. The van der Waals surface area contributed by atoms with E-state index in [1.54, 1.807) is 0 Å². The average molecular weight is 308 g/mol. The van der Waals surface area contributed by atoms with E-state index >= 15 is 0 Å². The molecule has 0 bridgehead atoms. The minimum Gasteiger partial charge on any atom is -0.357 e. The SMILES string of the molecule is CCNC(=NCCC(=O)N(CC)CC)N1CCC2(CCC2)C1.